The van der Waals surface area contributed by atoms with E-state index < -0.39 is 20.0 Å². The molecule has 1 unspecified atom stereocenters. The molecule has 2 aromatic heterocycles. The molecule has 2 atom stereocenters. The summed E-state index contributed by atoms with van der Waals surface area (Å²) in [5.74, 6) is -0.260. The molecular weight excluding hydrogens is 516 g/mol. The number of fused-ring (bicyclic) bond motifs is 1. The Kier molecular flexibility index (Phi) is 5.66. The van der Waals surface area contributed by atoms with E-state index >= 15 is 0 Å². The molecular formula is C30H28N2O4S2. The van der Waals surface area contributed by atoms with Gasteiger partial charge in [0.25, 0.3) is 20.0 Å². The Morgan fingerprint density at radius 2 is 1.24 bits per heavy atom. The third-order valence-corrected chi connectivity index (χ3v) is 11.0. The lowest BCUT2D eigenvalue weighted by Gasteiger charge is -2.14. The minimum atomic E-state index is -3.88. The summed E-state index contributed by atoms with van der Waals surface area (Å²) < 4.78 is 57.9. The quantitative estimate of drug-likeness (QED) is 0.258. The molecule has 1 saturated carbocycles. The molecule has 2 heterocycles. The first-order chi connectivity index (χ1) is 18.1. The molecule has 38 heavy (non-hydrogen) atoms. The summed E-state index contributed by atoms with van der Waals surface area (Å²) in [5, 5.41) is 0.881. The minimum Gasteiger partial charge on any atom is -0.246 e. The van der Waals surface area contributed by atoms with E-state index in [2.05, 4.69) is 0 Å². The van der Waals surface area contributed by atoms with Crippen molar-refractivity contribution in [3.05, 3.63) is 119 Å². The maximum Gasteiger partial charge on any atom is 0.268 e. The fourth-order valence-electron chi connectivity index (χ4n) is 5.42. The molecule has 0 amide bonds. The van der Waals surface area contributed by atoms with Crippen LogP contribution in [0.25, 0.3) is 10.9 Å². The molecule has 6 nitrogen and oxygen atoms in total. The minimum absolute atomic E-state index is 0.125. The van der Waals surface area contributed by atoms with Gasteiger partial charge in [0, 0.05) is 34.8 Å². The van der Waals surface area contributed by atoms with Crippen molar-refractivity contribution in [2.24, 2.45) is 0 Å². The van der Waals surface area contributed by atoms with Crippen LogP contribution in [0.15, 0.2) is 101 Å². The van der Waals surface area contributed by atoms with Crippen LogP contribution in [0.2, 0.25) is 0 Å². The molecule has 1 fully saturated rings. The zero-order chi connectivity index (χ0) is 26.8. The largest absolute Gasteiger partial charge is 0.268 e. The van der Waals surface area contributed by atoms with Gasteiger partial charge in [-0.3, -0.25) is 0 Å². The van der Waals surface area contributed by atoms with Gasteiger partial charge in [0.05, 0.1) is 15.3 Å². The summed E-state index contributed by atoms with van der Waals surface area (Å²) in [6.07, 6.45) is 2.24. The third-order valence-electron chi connectivity index (χ3n) is 7.53. The van der Waals surface area contributed by atoms with Crippen LogP contribution < -0.4 is 0 Å². The number of hydrogen-bond donors (Lipinski definition) is 0. The highest BCUT2D eigenvalue weighted by molar-refractivity contribution is 7.90. The van der Waals surface area contributed by atoms with Crippen LogP contribution in [0.1, 0.15) is 46.3 Å². The zero-order valence-electron chi connectivity index (χ0n) is 21.4. The van der Waals surface area contributed by atoms with Crippen molar-refractivity contribution < 1.29 is 16.8 Å². The molecule has 0 bridgehead atoms. The van der Waals surface area contributed by atoms with Gasteiger partial charge in [-0.2, -0.15) is 0 Å². The Hall–Kier alpha value is -3.62. The molecule has 1 aliphatic rings. The van der Waals surface area contributed by atoms with E-state index in [0.29, 0.717) is 17.6 Å². The molecule has 0 spiro atoms. The summed E-state index contributed by atoms with van der Waals surface area (Å²) in [7, 11) is -7.67. The van der Waals surface area contributed by atoms with E-state index in [4.69, 9.17) is 0 Å². The summed E-state index contributed by atoms with van der Waals surface area (Å²) in [6.45, 7) is 5.79. The predicted molar refractivity (Wildman–Crippen MR) is 149 cm³/mol. The molecule has 0 aliphatic heterocycles. The highest BCUT2D eigenvalue weighted by Crippen LogP contribution is 2.57. The van der Waals surface area contributed by atoms with E-state index in [1.807, 2.05) is 51.1 Å². The van der Waals surface area contributed by atoms with Crippen molar-refractivity contribution in [1.29, 1.82) is 0 Å². The SMILES string of the molecule is Cc1ccc(S(=O)(=O)n2cccc2[C@@H]2CC2c2c(C)c3ccccc3n2S(=O)(=O)c2ccc(C)cc2)cc1. The summed E-state index contributed by atoms with van der Waals surface area (Å²) in [4.78, 5) is 0.456. The molecule has 1 aliphatic carbocycles. The maximum absolute atomic E-state index is 14.0. The standard InChI is InChI=1S/C30H28N2O4S2/c1-20-10-14-23(15-11-20)37(33,34)31-18-6-9-28(31)26-19-27(26)30-22(3)25-7-4-5-8-29(25)32(30)38(35,36)24-16-12-21(2)13-17-24/h4-18,26-27H,19H2,1-3H3/t26-,27?/m1/s1. The van der Waals surface area contributed by atoms with Gasteiger partial charge in [-0.05, 0) is 75.2 Å². The highest BCUT2D eigenvalue weighted by Gasteiger charge is 2.47. The van der Waals surface area contributed by atoms with Crippen molar-refractivity contribution >= 4 is 30.9 Å². The smallest absolute Gasteiger partial charge is 0.246 e. The second-order valence-corrected chi connectivity index (χ2v) is 13.7. The van der Waals surface area contributed by atoms with Gasteiger partial charge in [-0.15, -0.1) is 0 Å². The van der Waals surface area contributed by atoms with Crippen LogP contribution >= 0.6 is 0 Å². The Morgan fingerprint density at radius 3 is 1.87 bits per heavy atom. The normalized spacial score (nSPS) is 17.7. The Balaban J connectivity index is 1.47. The summed E-state index contributed by atoms with van der Waals surface area (Å²) in [5.41, 5.74) is 4.89. The van der Waals surface area contributed by atoms with Crippen LogP contribution in [0.4, 0.5) is 0 Å². The lowest BCUT2D eigenvalue weighted by molar-refractivity contribution is 0.582. The van der Waals surface area contributed by atoms with Crippen LogP contribution in [0.5, 0.6) is 0 Å². The lowest BCUT2D eigenvalue weighted by Crippen LogP contribution is -2.17. The van der Waals surface area contributed by atoms with E-state index in [9.17, 15) is 16.8 Å². The lowest BCUT2D eigenvalue weighted by atomic mass is 10.1. The van der Waals surface area contributed by atoms with Crippen molar-refractivity contribution in [3.8, 4) is 0 Å². The van der Waals surface area contributed by atoms with Gasteiger partial charge in [-0.1, -0.05) is 53.6 Å². The average molecular weight is 545 g/mol. The van der Waals surface area contributed by atoms with Gasteiger partial charge in [-0.25, -0.2) is 24.8 Å². The second-order valence-electron chi connectivity index (χ2n) is 10.1. The van der Waals surface area contributed by atoms with Gasteiger partial charge < -0.3 is 0 Å². The Morgan fingerprint density at radius 1 is 0.658 bits per heavy atom. The van der Waals surface area contributed by atoms with Crippen LogP contribution in [-0.4, -0.2) is 24.8 Å². The van der Waals surface area contributed by atoms with Crippen molar-refractivity contribution in [1.82, 2.24) is 7.94 Å². The molecule has 0 saturated heterocycles. The van der Waals surface area contributed by atoms with Crippen LogP contribution in [0.3, 0.4) is 0 Å². The number of hydrogen-bond acceptors (Lipinski definition) is 4. The molecule has 0 N–H and O–H groups in total. The molecule has 8 heteroatoms. The van der Waals surface area contributed by atoms with E-state index in [1.165, 1.54) is 7.94 Å². The number of para-hydroxylation sites is 1. The maximum atomic E-state index is 14.0. The number of aryl methyl sites for hydroxylation is 3. The van der Waals surface area contributed by atoms with Gasteiger partial charge in [0.2, 0.25) is 0 Å². The van der Waals surface area contributed by atoms with Gasteiger partial charge in [0.1, 0.15) is 0 Å². The Labute approximate surface area is 223 Å². The van der Waals surface area contributed by atoms with Crippen LogP contribution in [0, 0.1) is 20.8 Å². The Bertz CT molecular complexity index is 1900. The number of benzene rings is 3. The zero-order valence-corrected chi connectivity index (χ0v) is 23.0. The molecule has 6 rings (SSSR count). The summed E-state index contributed by atoms with van der Waals surface area (Å²) >= 11 is 0. The number of rotatable bonds is 6. The van der Waals surface area contributed by atoms with Crippen molar-refractivity contribution in [2.75, 3.05) is 0 Å². The van der Waals surface area contributed by atoms with E-state index in [-0.39, 0.29) is 21.6 Å². The first-order valence-electron chi connectivity index (χ1n) is 12.5. The fourth-order valence-corrected chi connectivity index (χ4v) is 8.48. The molecule has 0 radical (unpaired) electrons. The first-order valence-corrected chi connectivity index (χ1v) is 15.4. The van der Waals surface area contributed by atoms with E-state index in [1.54, 1.807) is 60.8 Å². The average Bonchev–Trinajstić information content (AvgIpc) is 3.38. The van der Waals surface area contributed by atoms with E-state index in [0.717, 1.165) is 27.8 Å². The first kappa shape index (κ1) is 24.7. The van der Waals surface area contributed by atoms with Crippen LogP contribution in [-0.2, 0) is 20.0 Å². The van der Waals surface area contributed by atoms with Crippen molar-refractivity contribution in [3.63, 3.8) is 0 Å². The predicted octanol–water partition coefficient (Wildman–Crippen LogP) is 6.11. The number of aromatic nitrogens is 2. The summed E-state index contributed by atoms with van der Waals surface area (Å²) in [6, 6.07) is 24.8. The fraction of sp³-hybridized carbons (Fsp3) is 0.200. The number of nitrogens with zero attached hydrogens (tertiary/aromatic N) is 2. The second kappa shape index (κ2) is 8.71. The highest BCUT2D eigenvalue weighted by atomic mass is 32.2. The monoisotopic (exact) mass is 544 g/mol. The molecule has 5 aromatic rings. The van der Waals surface area contributed by atoms with Gasteiger partial charge >= 0.3 is 0 Å². The molecule has 194 valence electrons. The van der Waals surface area contributed by atoms with Gasteiger partial charge in [0.15, 0.2) is 0 Å². The van der Waals surface area contributed by atoms with Crippen molar-refractivity contribution in [2.45, 2.75) is 48.8 Å². The third kappa shape index (κ3) is 3.82. The topological polar surface area (TPSA) is 78.1 Å². The molecule has 3 aromatic carbocycles.